The van der Waals surface area contributed by atoms with Crippen LogP contribution in [0.5, 0.6) is 0 Å². The molecule has 0 rings (SSSR count). The SMILES string of the molecule is CC(C)C[C@H](NC(=O)[C@H](CCCCN)NC(=O)[C@H](CS)NC(=O)[C@H](CC(C)C)NC(=O)[C@H](CCCCN)NC(=O)[C@H](CCCCN)NC(=O)[C@H](CS)NC(=O)[C@H](CC(C)C)NC(=O)[C@H](CCCCN)NC(=O)[C@H](CC(C)C)NC(=O)[C@H](CC(C)C)NC(=O)[C@H](CCCCN)NC(=O)[C@H](CCCCN)NC(=O)[C@@H](N)CC(C)C)C(=O)N[C@@H](C)C(=O)NCC(=O)O. The summed E-state index contributed by atoms with van der Waals surface area (Å²) >= 11 is 8.79. The Balaban J connectivity index is 7.17. The lowest BCUT2D eigenvalue weighted by atomic mass is 9.98. The van der Waals surface area contributed by atoms with Crippen molar-refractivity contribution >= 4 is 120 Å². The van der Waals surface area contributed by atoms with Gasteiger partial charge in [-0.25, -0.2) is 0 Å². The Bertz CT molecular complexity index is 3270. The van der Waals surface area contributed by atoms with Gasteiger partial charge in [0.15, 0.2) is 0 Å². The Hall–Kier alpha value is -8.06. The van der Waals surface area contributed by atoms with Gasteiger partial charge in [0.25, 0.3) is 0 Å². The summed E-state index contributed by atoms with van der Waals surface area (Å²) in [5.74, 6) is -14.4. The van der Waals surface area contributed by atoms with Crippen LogP contribution in [0.15, 0.2) is 0 Å². The van der Waals surface area contributed by atoms with Gasteiger partial charge in [0.05, 0.1) is 6.04 Å². The highest BCUT2D eigenvalue weighted by molar-refractivity contribution is 7.80. The molecule has 0 aromatic heterocycles. The van der Waals surface area contributed by atoms with Crippen molar-refractivity contribution in [3.8, 4) is 0 Å². The lowest BCUT2D eigenvalue weighted by Gasteiger charge is -2.29. The summed E-state index contributed by atoms with van der Waals surface area (Å²) in [5, 5.41) is 49.3. The molecule has 0 aliphatic carbocycles. The van der Waals surface area contributed by atoms with Crippen molar-refractivity contribution in [1.29, 1.82) is 0 Å². The molecule has 714 valence electrons. The topological polar surface area (TPSA) is 656 Å². The zero-order valence-corrected chi connectivity index (χ0v) is 77.7. The van der Waals surface area contributed by atoms with Gasteiger partial charge in [0.2, 0.25) is 88.6 Å². The number of carbonyl (C=O) groups excluding carboxylic acids is 15. The maximum atomic E-state index is 14.7. The van der Waals surface area contributed by atoms with E-state index in [1.54, 1.807) is 41.5 Å². The normalized spacial score (nSPS) is 15.1. The first-order chi connectivity index (χ1) is 58.5. The molecule has 0 spiro atoms. The molecule has 0 radical (unpaired) electrons. The van der Waals surface area contributed by atoms with E-state index in [0.717, 1.165) is 0 Å². The molecule has 0 fully saturated rings. The second kappa shape index (κ2) is 65.5. The highest BCUT2D eigenvalue weighted by Crippen LogP contribution is 2.18. The Morgan fingerprint density at radius 1 is 0.234 bits per heavy atom. The second-order valence-corrected chi connectivity index (χ2v) is 35.3. The molecule has 0 aliphatic rings. The fraction of sp³-hybridized carbons (Fsp3) is 0.807. The first-order valence-electron chi connectivity index (χ1n) is 44.4. The molecule has 0 saturated heterocycles. The van der Waals surface area contributed by atoms with Crippen LogP contribution in [0.25, 0.3) is 0 Å². The smallest absolute Gasteiger partial charge is 0.322 e. The minimum absolute atomic E-state index is 0.00401. The van der Waals surface area contributed by atoms with Gasteiger partial charge in [0.1, 0.15) is 91.1 Å². The van der Waals surface area contributed by atoms with Gasteiger partial charge in [0, 0.05) is 11.5 Å². The highest BCUT2D eigenvalue weighted by Gasteiger charge is 2.39. The quantitative estimate of drug-likeness (QED) is 0.0237. The van der Waals surface area contributed by atoms with E-state index in [0.29, 0.717) is 96.6 Å². The maximum absolute atomic E-state index is 14.7. The third-order valence-corrected chi connectivity index (χ3v) is 20.8. The van der Waals surface area contributed by atoms with Crippen LogP contribution in [0.3, 0.4) is 0 Å². The summed E-state index contributed by atoms with van der Waals surface area (Å²) in [4.78, 5) is 224. The maximum Gasteiger partial charge on any atom is 0.322 e. The molecule has 124 heavy (non-hydrogen) atoms. The molecule has 0 heterocycles. The summed E-state index contributed by atoms with van der Waals surface area (Å²) in [6.45, 7) is 24.0. The summed E-state index contributed by atoms with van der Waals surface area (Å²) < 4.78 is 0. The van der Waals surface area contributed by atoms with E-state index in [-0.39, 0.29) is 144 Å². The van der Waals surface area contributed by atoms with Crippen LogP contribution < -0.4 is 120 Å². The summed E-state index contributed by atoms with van der Waals surface area (Å²) in [6.07, 6.45) is 5.93. The first-order valence-corrected chi connectivity index (χ1v) is 45.7. The molecule has 41 heteroatoms. The molecule has 0 aromatic carbocycles. The fourth-order valence-electron chi connectivity index (χ4n) is 13.3. The molecule has 0 bridgehead atoms. The number of amides is 15. The van der Waals surface area contributed by atoms with Gasteiger partial charge in [-0.3, -0.25) is 76.7 Å². The van der Waals surface area contributed by atoms with Crippen molar-refractivity contribution in [2.75, 3.05) is 57.3 Å². The van der Waals surface area contributed by atoms with E-state index in [9.17, 15) is 76.7 Å². The molecular weight excluding hydrogens is 1640 g/mol. The lowest BCUT2D eigenvalue weighted by Crippen LogP contribution is -2.61. The Kier molecular flexibility index (Phi) is 61.2. The lowest BCUT2D eigenvalue weighted by molar-refractivity contribution is -0.138. The van der Waals surface area contributed by atoms with Crippen LogP contribution >= 0.6 is 25.3 Å². The number of nitrogens with one attached hydrogen (secondary N) is 15. The number of thiol groups is 2. The highest BCUT2D eigenvalue weighted by atomic mass is 32.1. The predicted octanol–water partition coefficient (Wildman–Crippen LogP) is -1.77. The number of aliphatic carboxylic acids is 1. The molecule has 0 unspecified atom stereocenters. The molecule has 0 aliphatic heterocycles. The van der Waals surface area contributed by atoms with E-state index >= 15 is 0 Å². The zero-order chi connectivity index (χ0) is 94.3. The minimum atomic E-state index is -1.45. The van der Waals surface area contributed by atoms with Crippen LogP contribution in [-0.2, 0) is 76.7 Å². The number of hydrogen-bond acceptors (Lipinski definition) is 25. The second-order valence-electron chi connectivity index (χ2n) is 34.6. The zero-order valence-electron chi connectivity index (χ0n) is 75.9. The standard InChI is InChI=1S/C83H158N22O17S2/c1-47(2)38-54(90)70(109)93-55(26-14-20-32-84)71(110)94-57(28-16-22-34-86)73(112)100-63(41-50(7)8)79(118)103-62(40-49(5)6)78(117)96-59(30-18-24-36-88)75(114)102-65(43-52(11)12)81(120)104-66(45-123)82(121)97-56(27-15-21-33-85)72(111)95-58(29-17-23-35-87)74(113)101-64(42-51(9)10)80(119)105-67(46-124)83(122)98-60(31-19-25-37-89)76(115)99-61(39-48(3)4)77(116)92-53(13)69(108)91-44-68(106)107/h47-67,123-124H,14-46,84-90H2,1-13H3,(H,91,108)(H,92,116)(H,93,109)(H,94,110)(H,95,111)(H,96,117)(H,97,121)(H,98,122)(H,99,115)(H,100,112)(H,101,113)(H,102,114)(H,103,118)(H,104,120)(H,105,119)(H,106,107)/t53-,54-,55-,56-,57-,58-,59-,60-,61-,62-,63-,64-,65-,66-,67-/m0/s1. The van der Waals surface area contributed by atoms with Crippen molar-refractivity contribution in [1.82, 2.24) is 79.8 Å². The fourth-order valence-corrected chi connectivity index (χ4v) is 13.8. The van der Waals surface area contributed by atoms with Crippen LogP contribution in [0.1, 0.15) is 244 Å². The third-order valence-electron chi connectivity index (χ3n) is 20.0. The molecule has 15 atom stereocenters. The first kappa shape index (κ1) is 116. The van der Waals surface area contributed by atoms with Crippen LogP contribution in [0, 0.1) is 35.5 Å². The van der Waals surface area contributed by atoms with E-state index in [1.807, 2.05) is 41.5 Å². The van der Waals surface area contributed by atoms with Crippen molar-refractivity contribution in [3.63, 3.8) is 0 Å². The van der Waals surface area contributed by atoms with E-state index < -0.39 is 192 Å². The van der Waals surface area contributed by atoms with Gasteiger partial charge >= 0.3 is 5.97 Å². The van der Waals surface area contributed by atoms with Gasteiger partial charge < -0.3 is 125 Å². The van der Waals surface area contributed by atoms with Crippen molar-refractivity contribution in [2.24, 2.45) is 75.6 Å². The van der Waals surface area contributed by atoms with Crippen LogP contribution in [0.2, 0.25) is 0 Å². The Morgan fingerprint density at radius 2 is 0.403 bits per heavy atom. The van der Waals surface area contributed by atoms with E-state index in [4.69, 9.17) is 45.2 Å². The third kappa shape index (κ3) is 49.7. The number of unbranched alkanes of at least 4 members (excludes halogenated alkanes) is 6. The van der Waals surface area contributed by atoms with Gasteiger partial charge in [-0.15, -0.1) is 0 Å². The monoisotopic (exact) mass is 1800 g/mol. The summed E-state index contributed by atoms with van der Waals surface area (Å²) in [5.41, 5.74) is 41.3. The van der Waals surface area contributed by atoms with Crippen molar-refractivity contribution < 1.29 is 81.8 Å². The van der Waals surface area contributed by atoms with Gasteiger partial charge in [-0.2, -0.15) is 25.3 Å². The van der Waals surface area contributed by atoms with Crippen molar-refractivity contribution in [2.45, 2.75) is 335 Å². The number of carbonyl (C=O) groups is 16. The number of carboxylic acid groups (broad SMARTS) is 1. The van der Waals surface area contributed by atoms with Crippen LogP contribution in [0.4, 0.5) is 0 Å². The average Bonchev–Trinajstić information content (AvgIpc) is 0.851. The number of nitrogens with two attached hydrogens (primary N) is 7. The molecule has 0 aromatic rings. The van der Waals surface area contributed by atoms with Gasteiger partial charge in [-0.05, 0) is 236 Å². The Labute approximate surface area is 745 Å². The largest absolute Gasteiger partial charge is 0.480 e. The molecule has 30 N–H and O–H groups in total. The average molecular weight is 1800 g/mol. The summed E-state index contributed by atoms with van der Waals surface area (Å²) in [7, 11) is 0. The molecular formula is C83H158N22O17S2. The predicted molar refractivity (Wildman–Crippen MR) is 483 cm³/mol. The molecule has 39 nitrogen and oxygen atoms in total. The number of carboxylic acids is 1. The van der Waals surface area contributed by atoms with Gasteiger partial charge in [-0.1, -0.05) is 83.1 Å². The van der Waals surface area contributed by atoms with E-state index in [1.165, 1.54) is 6.92 Å². The number of hydrogen-bond donors (Lipinski definition) is 25. The minimum Gasteiger partial charge on any atom is -0.480 e. The molecule has 15 amide bonds. The Morgan fingerprint density at radius 3 is 0.589 bits per heavy atom. The number of rotatable bonds is 69. The van der Waals surface area contributed by atoms with E-state index in [2.05, 4.69) is 105 Å². The summed E-state index contributed by atoms with van der Waals surface area (Å²) in [6, 6.07) is -18.9. The molecule has 0 saturated carbocycles. The van der Waals surface area contributed by atoms with Crippen LogP contribution in [-0.4, -0.2) is 248 Å². The van der Waals surface area contributed by atoms with Crippen molar-refractivity contribution in [3.05, 3.63) is 0 Å².